The van der Waals surface area contributed by atoms with Gasteiger partial charge in [-0.25, -0.2) is 4.98 Å². The van der Waals surface area contributed by atoms with Crippen LogP contribution in [0.4, 0.5) is 0 Å². The van der Waals surface area contributed by atoms with Gasteiger partial charge in [-0.3, -0.25) is 0 Å². The van der Waals surface area contributed by atoms with E-state index in [1.165, 1.54) is 16.0 Å². The lowest BCUT2D eigenvalue weighted by Gasteiger charge is -2.12. The lowest BCUT2D eigenvalue weighted by molar-refractivity contribution is 0.307. The van der Waals surface area contributed by atoms with Crippen molar-refractivity contribution >= 4 is 11.3 Å². The summed E-state index contributed by atoms with van der Waals surface area (Å²) in [7, 11) is 0. The maximum absolute atomic E-state index is 5.90. The first kappa shape index (κ1) is 13.1. The van der Waals surface area contributed by atoms with Crippen LogP contribution in [0.2, 0.25) is 0 Å². The van der Waals surface area contributed by atoms with Gasteiger partial charge >= 0.3 is 0 Å². The van der Waals surface area contributed by atoms with Crippen LogP contribution in [-0.4, -0.2) is 4.98 Å². The summed E-state index contributed by atoms with van der Waals surface area (Å²) >= 11 is 1.69. The van der Waals surface area contributed by atoms with Crippen LogP contribution in [0.25, 0.3) is 0 Å². The minimum absolute atomic E-state index is 0.526. The Morgan fingerprint density at radius 3 is 2.67 bits per heavy atom. The molecule has 0 atom stereocenters. The van der Waals surface area contributed by atoms with Crippen LogP contribution in [0.3, 0.4) is 0 Å². The topological polar surface area (TPSA) is 22.1 Å². The van der Waals surface area contributed by atoms with E-state index >= 15 is 0 Å². The Bertz CT molecular complexity index is 531. The van der Waals surface area contributed by atoms with Crippen molar-refractivity contribution in [2.45, 2.75) is 40.2 Å². The first-order valence-corrected chi connectivity index (χ1v) is 7.02. The summed E-state index contributed by atoms with van der Waals surface area (Å²) in [5.41, 5.74) is 2.50. The number of hydrogen-bond acceptors (Lipinski definition) is 3. The molecular weight excluding hydrogens is 242 g/mol. The molecule has 18 heavy (non-hydrogen) atoms. The van der Waals surface area contributed by atoms with Gasteiger partial charge in [-0.1, -0.05) is 26.0 Å². The van der Waals surface area contributed by atoms with Gasteiger partial charge in [-0.05, 0) is 37.0 Å². The van der Waals surface area contributed by atoms with E-state index in [9.17, 15) is 0 Å². The number of rotatable bonds is 4. The highest BCUT2D eigenvalue weighted by atomic mass is 32.1. The van der Waals surface area contributed by atoms with Gasteiger partial charge in [-0.2, -0.15) is 0 Å². The molecule has 0 bridgehead atoms. The molecule has 1 aromatic heterocycles. The number of hydrogen-bond donors (Lipinski definition) is 0. The fraction of sp³-hybridized carbons (Fsp3) is 0.400. The van der Waals surface area contributed by atoms with Gasteiger partial charge in [-0.15, -0.1) is 11.3 Å². The first-order valence-electron chi connectivity index (χ1n) is 6.21. The maximum atomic E-state index is 5.90. The monoisotopic (exact) mass is 261 g/mol. The van der Waals surface area contributed by atoms with E-state index < -0.39 is 0 Å². The summed E-state index contributed by atoms with van der Waals surface area (Å²) in [6, 6.07) is 6.44. The average Bonchev–Trinajstić information content (AvgIpc) is 2.74. The molecule has 3 heteroatoms. The largest absolute Gasteiger partial charge is 0.488 e. The van der Waals surface area contributed by atoms with Gasteiger partial charge in [0.2, 0.25) is 0 Å². The summed E-state index contributed by atoms with van der Waals surface area (Å²) in [5, 5.41) is 1.08. The van der Waals surface area contributed by atoms with Crippen LogP contribution in [0.5, 0.6) is 5.75 Å². The van der Waals surface area contributed by atoms with Crippen LogP contribution in [0, 0.1) is 13.8 Å². The van der Waals surface area contributed by atoms with Crippen molar-refractivity contribution in [2.24, 2.45) is 0 Å². The summed E-state index contributed by atoms with van der Waals surface area (Å²) in [4.78, 5) is 5.40. The lowest BCUT2D eigenvalue weighted by Crippen LogP contribution is -1.97. The lowest BCUT2D eigenvalue weighted by atomic mass is 10.0. The van der Waals surface area contributed by atoms with Crippen LogP contribution < -0.4 is 4.74 Å². The molecule has 0 aliphatic carbocycles. The minimum atomic E-state index is 0.526. The zero-order chi connectivity index (χ0) is 13.1. The number of ether oxygens (including phenoxy) is 1. The number of benzene rings is 1. The Morgan fingerprint density at radius 2 is 2.06 bits per heavy atom. The standard InChI is InChI=1S/C15H19NOS/c1-10(2)13-6-5-11(3)15(7-13)17-9-14-8-16-12(4)18-14/h5-8,10H,9H2,1-4H3. The van der Waals surface area contributed by atoms with Crippen LogP contribution >= 0.6 is 11.3 Å². The molecule has 1 heterocycles. The highest BCUT2D eigenvalue weighted by molar-refractivity contribution is 7.11. The highest BCUT2D eigenvalue weighted by Gasteiger charge is 2.06. The molecule has 0 fully saturated rings. The Morgan fingerprint density at radius 1 is 1.28 bits per heavy atom. The fourth-order valence-electron chi connectivity index (χ4n) is 1.75. The molecular formula is C15H19NOS. The molecule has 0 unspecified atom stereocenters. The van der Waals surface area contributed by atoms with E-state index in [-0.39, 0.29) is 0 Å². The Balaban J connectivity index is 2.10. The van der Waals surface area contributed by atoms with Crippen molar-refractivity contribution in [3.8, 4) is 5.75 Å². The zero-order valence-electron chi connectivity index (χ0n) is 11.4. The molecule has 0 N–H and O–H groups in total. The van der Waals surface area contributed by atoms with E-state index in [0.29, 0.717) is 12.5 Å². The van der Waals surface area contributed by atoms with Gasteiger partial charge in [0.25, 0.3) is 0 Å². The molecule has 0 aliphatic heterocycles. The number of thiazole rings is 1. The zero-order valence-corrected chi connectivity index (χ0v) is 12.2. The molecule has 2 aromatic rings. The van der Waals surface area contributed by atoms with Crippen LogP contribution in [0.1, 0.15) is 40.8 Å². The molecule has 0 spiro atoms. The van der Waals surface area contributed by atoms with Gasteiger partial charge in [0, 0.05) is 6.20 Å². The molecule has 0 saturated carbocycles. The Labute approximate surface area is 113 Å². The molecule has 2 rings (SSSR count). The highest BCUT2D eigenvalue weighted by Crippen LogP contribution is 2.25. The van der Waals surface area contributed by atoms with E-state index in [0.717, 1.165) is 10.8 Å². The second-order valence-electron chi connectivity index (χ2n) is 4.81. The molecule has 2 nitrogen and oxygen atoms in total. The number of nitrogens with zero attached hydrogens (tertiary/aromatic N) is 1. The van der Waals surface area contributed by atoms with Crippen molar-refractivity contribution in [2.75, 3.05) is 0 Å². The predicted molar refractivity (Wildman–Crippen MR) is 76.5 cm³/mol. The molecule has 1 aromatic carbocycles. The SMILES string of the molecule is Cc1ncc(COc2cc(C(C)C)ccc2C)s1. The van der Waals surface area contributed by atoms with Crippen LogP contribution in [-0.2, 0) is 6.61 Å². The molecule has 0 radical (unpaired) electrons. The first-order chi connectivity index (χ1) is 8.56. The maximum Gasteiger partial charge on any atom is 0.124 e. The third-order valence-corrected chi connectivity index (χ3v) is 3.80. The summed E-state index contributed by atoms with van der Waals surface area (Å²) in [6.45, 7) is 9.09. The van der Waals surface area contributed by atoms with Crippen molar-refractivity contribution in [3.05, 3.63) is 45.4 Å². The summed E-state index contributed by atoms with van der Waals surface area (Å²) < 4.78 is 5.90. The van der Waals surface area contributed by atoms with E-state index in [1.807, 2.05) is 13.1 Å². The van der Waals surface area contributed by atoms with Gasteiger partial charge in [0.1, 0.15) is 12.4 Å². The van der Waals surface area contributed by atoms with E-state index in [4.69, 9.17) is 4.74 Å². The minimum Gasteiger partial charge on any atom is -0.488 e. The second-order valence-corrected chi connectivity index (χ2v) is 6.13. The van der Waals surface area contributed by atoms with E-state index in [1.54, 1.807) is 11.3 Å². The third-order valence-electron chi connectivity index (χ3n) is 2.92. The number of aromatic nitrogens is 1. The van der Waals surface area contributed by atoms with Crippen molar-refractivity contribution in [1.82, 2.24) is 4.98 Å². The van der Waals surface area contributed by atoms with Crippen molar-refractivity contribution in [3.63, 3.8) is 0 Å². The average molecular weight is 261 g/mol. The van der Waals surface area contributed by atoms with Crippen molar-refractivity contribution in [1.29, 1.82) is 0 Å². The predicted octanol–water partition coefficient (Wildman–Crippen LogP) is 4.46. The molecule has 0 aliphatic rings. The van der Waals surface area contributed by atoms with Gasteiger partial charge in [0.15, 0.2) is 0 Å². The third kappa shape index (κ3) is 3.10. The molecule has 0 saturated heterocycles. The van der Waals surface area contributed by atoms with Gasteiger partial charge < -0.3 is 4.74 Å². The summed E-state index contributed by atoms with van der Waals surface area (Å²) in [6.07, 6.45) is 1.89. The van der Waals surface area contributed by atoms with Crippen molar-refractivity contribution < 1.29 is 4.74 Å². The molecule has 0 amide bonds. The van der Waals surface area contributed by atoms with Crippen LogP contribution in [0.15, 0.2) is 24.4 Å². The number of aryl methyl sites for hydroxylation is 2. The Kier molecular flexibility index (Phi) is 4.02. The van der Waals surface area contributed by atoms with Gasteiger partial charge in [0.05, 0.1) is 9.88 Å². The van der Waals surface area contributed by atoms with E-state index in [2.05, 4.69) is 44.0 Å². The fourth-order valence-corrected chi connectivity index (χ4v) is 2.46. The Hall–Kier alpha value is -1.35. The second kappa shape index (κ2) is 5.53. The smallest absolute Gasteiger partial charge is 0.124 e. The quantitative estimate of drug-likeness (QED) is 0.810. The normalized spacial score (nSPS) is 10.9. The molecule has 96 valence electrons. The summed E-state index contributed by atoms with van der Waals surface area (Å²) in [5.74, 6) is 1.51.